The second kappa shape index (κ2) is 5.65. The zero-order valence-electron chi connectivity index (χ0n) is 10.8. The molecule has 1 aromatic heterocycles. The van der Waals surface area contributed by atoms with Crippen LogP contribution < -0.4 is 5.32 Å². The van der Waals surface area contributed by atoms with E-state index in [4.69, 9.17) is 5.11 Å². The number of amides is 1. The van der Waals surface area contributed by atoms with Crippen LogP contribution in [0.1, 0.15) is 16.2 Å². The maximum absolute atomic E-state index is 13.4. The van der Waals surface area contributed by atoms with Crippen molar-refractivity contribution in [3.8, 4) is 0 Å². The van der Waals surface area contributed by atoms with Gasteiger partial charge in [-0.25, -0.2) is 18.3 Å². The Morgan fingerprint density at radius 2 is 2.10 bits per heavy atom. The first-order valence-electron chi connectivity index (χ1n) is 5.76. The Morgan fingerprint density at radius 1 is 1.38 bits per heavy atom. The average molecular weight is 296 g/mol. The number of anilines is 1. The van der Waals surface area contributed by atoms with Crippen LogP contribution in [0.4, 0.5) is 14.5 Å². The third kappa shape index (κ3) is 3.19. The lowest BCUT2D eigenvalue weighted by molar-refractivity contribution is -0.117. The molecule has 0 aliphatic heterocycles. The average Bonchev–Trinajstić information content (AvgIpc) is 2.75. The number of rotatable bonds is 4. The molecule has 2 N–H and O–H groups in total. The molecule has 0 aliphatic carbocycles. The molecule has 2 rings (SSSR count). The molecule has 0 fully saturated rings. The first-order valence-corrected chi connectivity index (χ1v) is 5.76. The summed E-state index contributed by atoms with van der Waals surface area (Å²) in [7, 11) is 0. The van der Waals surface area contributed by atoms with Crippen LogP contribution in [0.15, 0.2) is 18.2 Å². The van der Waals surface area contributed by atoms with Crippen molar-refractivity contribution in [2.24, 2.45) is 0 Å². The summed E-state index contributed by atoms with van der Waals surface area (Å²) in [6.07, 6.45) is 0. The van der Waals surface area contributed by atoms with Gasteiger partial charge in [-0.3, -0.25) is 4.79 Å². The zero-order valence-corrected chi connectivity index (χ0v) is 10.8. The van der Waals surface area contributed by atoms with Gasteiger partial charge in [0.15, 0.2) is 5.69 Å². The van der Waals surface area contributed by atoms with Crippen molar-refractivity contribution in [3.63, 3.8) is 0 Å². The van der Waals surface area contributed by atoms with Gasteiger partial charge < -0.3 is 10.4 Å². The van der Waals surface area contributed by atoms with Crippen molar-refractivity contribution in [1.29, 1.82) is 0 Å². The molecule has 7 nitrogen and oxygen atoms in total. The summed E-state index contributed by atoms with van der Waals surface area (Å²) >= 11 is 0. The number of nitrogens with one attached hydrogen (secondary N) is 1. The zero-order chi connectivity index (χ0) is 15.6. The maximum atomic E-state index is 13.4. The molecule has 0 saturated heterocycles. The number of carboxylic acid groups (broad SMARTS) is 1. The highest BCUT2D eigenvalue weighted by atomic mass is 19.1. The Balaban J connectivity index is 2.12. The first kappa shape index (κ1) is 14.6. The van der Waals surface area contributed by atoms with Gasteiger partial charge in [0.2, 0.25) is 5.91 Å². The molecule has 2 aromatic rings. The first-order chi connectivity index (χ1) is 9.88. The van der Waals surface area contributed by atoms with Gasteiger partial charge in [-0.15, -0.1) is 5.10 Å². The number of aromatic nitrogens is 3. The fourth-order valence-electron chi connectivity index (χ4n) is 1.63. The summed E-state index contributed by atoms with van der Waals surface area (Å²) in [5.74, 6) is -3.44. The van der Waals surface area contributed by atoms with Gasteiger partial charge in [0.1, 0.15) is 18.2 Å². The van der Waals surface area contributed by atoms with Crippen LogP contribution in [0, 0.1) is 18.6 Å². The second-order valence-electron chi connectivity index (χ2n) is 4.16. The van der Waals surface area contributed by atoms with Gasteiger partial charge in [0, 0.05) is 6.07 Å². The summed E-state index contributed by atoms with van der Waals surface area (Å²) < 4.78 is 27.4. The Hall–Kier alpha value is -2.84. The van der Waals surface area contributed by atoms with Gasteiger partial charge in [-0.1, -0.05) is 5.21 Å². The van der Waals surface area contributed by atoms with E-state index in [1.54, 1.807) is 0 Å². The summed E-state index contributed by atoms with van der Waals surface area (Å²) in [5, 5.41) is 17.9. The lowest BCUT2D eigenvalue weighted by atomic mass is 10.3. The van der Waals surface area contributed by atoms with Gasteiger partial charge in [0.25, 0.3) is 0 Å². The van der Waals surface area contributed by atoms with Gasteiger partial charge in [0.05, 0.1) is 11.4 Å². The predicted molar refractivity (Wildman–Crippen MR) is 66.7 cm³/mol. The van der Waals surface area contributed by atoms with Crippen LogP contribution in [0.25, 0.3) is 0 Å². The highest BCUT2D eigenvalue weighted by Gasteiger charge is 2.17. The van der Waals surface area contributed by atoms with E-state index in [9.17, 15) is 18.4 Å². The Kier molecular flexibility index (Phi) is 3.92. The molecule has 110 valence electrons. The quantitative estimate of drug-likeness (QED) is 0.883. The van der Waals surface area contributed by atoms with Crippen molar-refractivity contribution in [2.75, 3.05) is 5.32 Å². The van der Waals surface area contributed by atoms with Crippen molar-refractivity contribution in [1.82, 2.24) is 15.0 Å². The fourth-order valence-corrected chi connectivity index (χ4v) is 1.63. The van der Waals surface area contributed by atoms with Crippen LogP contribution in [0.3, 0.4) is 0 Å². The molecule has 0 radical (unpaired) electrons. The van der Waals surface area contributed by atoms with Gasteiger partial charge in [-0.2, -0.15) is 0 Å². The van der Waals surface area contributed by atoms with E-state index in [2.05, 4.69) is 15.6 Å². The van der Waals surface area contributed by atoms with E-state index in [1.807, 2.05) is 0 Å². The molecule has 0 unspecified atom stereocenters. The molecule has 0 saturated carbocycles. The lowest BCUT2D eigenvalue weighted by Gasteiger charge is -2.07. The third-order valence-corrected chi connectivity index (χ3v) is 2.68. The van der Waals surface area contributed by atoms with E-state index in [-0.39, 0.29) is 23.6 Å². The van der Waals surface area contributed by atoms with Crippen molar-refractivity contribution in [3.05, 3.63) is 41.2 Å². The van der Waals surface area contributed by atoms with Crippen LogP contribution in [-0.4, -0.2) is 32.0 Å². The largest absolute Gasteiger partial charge is 0.476 e. The second-order valence-corrected chi connectivity index (χ2v) is 4.16. The molecular formula is C12H10F2N4O3. The standard InChI is InChI=1S/C12H10F2N4O3/c1-6-11(12(20)21)16-17-18(6)5-10(19)15-9-4-7(13)2-3-8(9)14/h2-4H,5H2,1H3,(H,15,19)(H,20,21). The number of aromatic carboxylic acids is 1. The number of hydrogen-bond donors (Lipinski definition) is 2. The van der Waals surface area contributed by atoms with Crippen LogP contribution in [0.5, 0.6) is 0 Å². The molecule has 0 bridgehead atoms. The number of carbonyl (C=O) groups is 2. The molecular weight excluding hydrogens is 286 g/mol. The fraction of sp³-hybridized carbons (Fsp3) is 0.167. The van der Waals surface area contributed by atoms with E-state index in [0.29, 0.717) is 0 Å². The molecule has 21 heavy (non-hydrogen) atoms. The van der Waals surface area contributed by atoms with E-state index < -0.39 is 23.5 Å². The van der Waals surface area contributed by atoms with Crippen molar-refractivity contribution in [2.45, 2.75) is 13.5 Å². The molecule has 1 amide bonds. The number of carboxylic acids is 1. The Morgan fingerprint density at radius 3 is 2.71 bits per heavy atom. The number of hydrogen-bond acceptors (Lipinski definition) is 4. The molecule has 0 atom stereocenters. The Labute approximate surface area is 117 Å². The summed E-state index contributed by atoms with van der Waals surface area (Å²) in [4.78, 5) is 22.5. The molecule has 1 heterocycles. The monoisotopic (exact) mass is 296 g/mol. The minimum Gasteiger partial charge on any atom is -0.476 e. The minimum atomic E-state index is -1.27. The molecule has 0 aliphatic rings. The van der Waals surface area contributed by atoms with E-state index >= 15 is 0 Å². The number of carbonyl (C=O) groups excluding carboxylic acids is 1. The van der Waals surface area contributed by atoms with Gasteiger partial charge in [-0.05, 0) is 19.1 Å². The molecule has 1 aromatic carbocycles. The summed E-state index contributed by atoms with van der Waals surface area (Å²) in [5.41, 5.74) is -0.409. The maximum Gasteiger partial charge on any atom is 0.358 e. The normalized spacial score (nSPS) is 10.4. The summed E-state index contributed by atoms with van der Waals surface area (Å²) in [6, 6.07) is 2.64. The van der Waals surface area contributed by atoms with E-state index in [1.165, 1.54) is 6.92 Å². The molecule has 9 heteroatoms. The predicted octanol–water partition coefficient (Wildman–Crippen LogP) is 1.20. The number of nitrogens with zero attached hydrogens (tertiary/aromatic N) is 3. The minimum absolute atomic E-state index is 0.178. The van der Waals surface area contributed by atoms with Crippen LogP contribution in [0.2, 0.25) is 0 Å². The highest BCUT2D eigenvalue weighted by molar-refractivity contribution is 5.91. The van der Waals surface area contributed by atoms with Crippen molar-refractivity contribution < 1.29 is 23.5 Å². The van der Waals surface area contributed by atoms with Gasteiger partial charge >= 0.3 is 5.97 Å². The number of benzene rings is 1. The molecule has 0 spiro atoms. The van der Waals surface area contributed by atoms with E-state index in [0.717, 1.165) is 22.9 Å². The smallest absolute Gasteiger partial charge is 0.358 e. The lowest BCUT2D eigenvalue weighted by Crippen LogP contribution is -2.21. The highest BCUT2D eigenvalue weighted by Crippen LogP contribution is 2.15. The third-order valence-electron chi connectivity index (χ3n) is 2.68. The summed E-state index contributed by atoms with van der Waals surface area (Å²) in [6.45, 7) is 1.06. The van der Waals surface area contributed by atoms with Crippen LogP contribution >= 0.6 is 0 Å². The van der Waals surface area contributed by atoms with Crippen LogP contribution in [-0.2, 0) is 11.3 Å². The van der Waals surface area contributed by atoms with Crippen molar-refractivity contribution >= 4 is 17.6 Å². The topological polar surface area (TPSA) is 97.1 Å². The number of halogens is 2. The Bertz CT molecular complexity index is 715. The SMILES string of the molecule is Cc1c(C(=O)O)nnn1CC(=O)Nc1cc(F)ccc1F.